The summed E-state index contributed by atoms with van der Waals surface area (Å²) in [5.41, 5.74) is 8.86. The third-order valence-electron chi connectivity index (χ3n) is 6.35. The zero-order chi connectivity index (χ0) is 21.3. The van der Waals surface area contributed by atoms with Crippen LogP contribution in [-0.2, 0) is 13.0 Å². The summed E-state index contributed by atoms with van der Waals surface area (Å²) in [7, 11) is 0. The molecule has 2 heterocycles. The number of urea groups is 1. The number of carbonyl (C=O) groups excluding carboxylic acids is 1. The summed E-state index contributed by atoms with van der Waals surface area (Å²) in [6.07, 6.45) is 6.95. The number of nitrogens with one attached hydrogen (secondary N) is 1. The predicted octanol–water partition coefficient (Wildman–Crippen LogP) is 3.62. The maximum atomic E-state index is 13.3. The van der Waals surface area contributed by atoms with Crippen LogP contribution in [0.4, 0.5) is 9.18 Å². The smallest absolute Gasteiger partial charge is 0.317 e. The minimum Gasteiger partial charge on any atom is -0.338 e. The fraction of sp³-hybridized carbons (Fsp3) is 0.565. The second kappa shape index (κ2) is 8.38. The average molecular weight is 414 g/mol. The minimum atomic E-state index is -0.264. The molecule has 1 aromatic heterocycles. The van der Waals surface area contributed by atoms with Crippen molar-refractivity contribution in [2.24, 2.45) is 17.1 Å². The van der Waals surface area contributed by atoms with E-state index in [1.165, 1.54) is 18.6 Å². The standard InChI is InChI=1S/C23H32FN5O/c1-23(2)12-21-17(13-27-29(21)20-7-4-18(24)5-8-20)14-28(15-23)22(30)26-10-9-16-3-6-19(25)11-16/h4-5,7-8,13,16,19H,3,6,9-12,14-15,25H2,1-2H3,(H,26,30). The van der Waals surface area contributed by atoms with E-state index in [4.69, 9.17) is 5.73 Å². The van der Waals surface area contributed by atoms with E-state index in [-0.39, 0.29) is 17.3 Å². The Kier molecular flexibility index (Phi) is 5.82. The summed E-state index contributed by atoms with van der Waals surface area (Å²) in [4.78, 5) is 14.8. The van der Waals surface area contributed by atoms with Gasteiger partial charge < -0.3 is 16.0 Å². The van der Waals surface area contributed by atoms with Gasteiger partial charge in [-0.15, -0.1) is 0 Å². The number of amides is 2. The number of aromatic nitrogens is 2. The van der Waals surface area contributed by atoms with Gasteiger partial charge >= 0.3 is 6.03 Å². The van der Waals surface area contributed by atoms with Crippen molar-refractivity contribution in [1.29, 1.82) is 0 Å². The van der Waals surface area contributed by atoms with Crippen molar-refractivity contribution in [3.05, 3.63) is 47.5 Å². The molecule has 2 aromatic rings. The average Bonchev–Trinajstić information content (AvgIpc) is 3.24. The molecule has 3 N–H and O–H groups in total. The first-order chi connectivity index (χ1) is 14.3. The molecule has 2 atom stereocenters. The van der Waals surface area contributed by atoms with Crippen molar-refractivity contribution < 1.29 is 9.18 Å². The van der Waals surface area contributed by atoms with E-state index in [0.29, 0.717) is 31.6 Å². The number of hydrogen-bond acceptors (Lipinski definition) is 3. The third-order valence-corrected chi connectivity index (χ3v) is 6.35. The molecule has 1 aliphatic carbocycles. The SMILES string of the molecule is CC1(C)Cc2c(cnn2-c2ccc(F)cc2)CN(C(=O)NCCC2CCC(N)C2)C1. The summed E-state index contributed by atoms with van der Waals surface area (Å²) in [6.45, 7) is 6.23. The number of carbonyl (C=O) groups is 1. The number of fused-ring (bicyclic) bond motifs is 1. The molecule has 0 radical (unpaired) electrons. The third kappa shape index (κ3) is 4.67. The molecule has 162 valence electrons. The van der Waals surface area contributed by atoms with E-state index in [9.17, 15) is 9.18 Å². The van der Waals surface area contributed by atoms with Crippen LogP contribution in [0.3, 0.4) is 0 Å². The molecule has 0 spiro atoms. The van der Waals surface area contributed by atoms with Gasteiger partial charge in [-0.05, 0) is 67.7 Å². The Morgan fingerprint density at radius 1 is 1.30 bits per heavy atom. The highest BCUT2D eigenvalue weighted by molar-refractivity contribution is 5.74. The van der Waals surface area contributed by atoms with Gasteiger partial charge in [0.1, 0.15) is 5.82 Å². The molecule has 1 aliphatic heterocycles. The maximum Gasteiger partial charge on any atom is 0.317 e. The van der Waals surface area contributed by atoms with E-state index < -0.39 is 0 Å². The monoisotopic (exact) mass is 413 g/mol. The first-order valence-electron chi connectivity index (χ1n) is 10.9. The van der Waals surface area contributed by atoms with Crippen LogP contribution in [0.25, 0.3) is 5.69 Å². The van der Waals surface area contributed by atoms with Gasteiger partial charge in [-0.3, -0.25) is 0 Å². The van der Waals surface area contributed by atoms with E-state index >= 15 is 0 Å². The Morgan fingerprint density at radius 3 is 2.77 bits per heavy atom. The summed E-state index contributed by atoms with van der Waals surface area (Å²) >= 11 is 0. The molecule has 1 fully saturated rings. The zero-order valence-corrected chi connectivity index (χ0v) is 17.9. The van der Waals surface area contributed by atoms with Crippen molar-refractivity contribution in [1.82, 2.24) is 20.0 Å². The first-order valence-corrected chi connectivity index (χ1v) is 10.9. The Morgan fingerprint density at radius 2 is 2.07 bits per heavy atom. The van der Waals surface area contributed by atoms with Gasteiger partial charge in [0.25, 0.3) is 0 Å². The van der Waals surface area contributed by atoms with Crippen LogP contribution in [0.1, 0.15) is 50.8 Å². The van der Waals surface area contributed by atoms with Crippen molar-refractivity contribution in [2.75, 3.05) is 13.1 Å². The fourth-order valence-corrected chi connectivity index (χ4v) is 4.83. The van der Waals surface area contributed by atoms with Crippen LogP contribution in [0, 0.1) is 17.2 Å². The van der Waals surface area contributed by atoms with Gasteiger partial charge in [0.15, 0.2) is 0 Å². The van der Waals surface area contributed by atoms with Crippen molar-refractivity contribution >= 4 is 6.03 Å². The Labute approximate surface area is 177 Å². The van der Waals surface area contributed by atoms with Crippen LogP contribution in [-0.4, -0.2) is 39.8 Å². The van der Waals surface area contributed by atoms with Crippen LogP contribution >= 0.6 is 0 Å². The molecule has 2 aliphatic rings. The first kappa shape index (κ1) is 20.8. The molecule has 2 amide bonds. The molecule has 0 bridgehead atoms. The van der Waals surface area contributed by atoms with Crippen molar-refractivity contribution in [3.63, 3.8) is 0 Å². The molecule has 4 rings (SSSR count). The second-order valence-corrected chi connectivity index (χ2v) is 9.66. The van der Waals surface area contributed by atoms with E-state index in [0.717, 1.165) is 42.6 Å². The Hall–Kier alpha value is -2.41. The van der Waals surface area contributed by atoms with Crippen LogP contribution in [0.5, 0.6) is 0 Å². The number of halogens is 1. The summed E-state index contributed by atoms with van der Waals surface area (Å²) in [5, 5.41) is 7.66. The molecule has 6 nitrogen and oxygen atoms in total. The number of nitrogens with zero attached hydrogens (tertiary/aromatic N) is 3. The lowest BCUT2D eigenvalue weighted by atomic mass is 9.87. The van der Waals surface area contributed by atoms with Crippen LogP contribution in [0.2, 0.25) is 0 Å². The predicted molar refractivity (Wildman–Crippen MR) is 115 cm³/mol. The van der Waals surface area contributed by atoms with E-state index in [1.54, 1.807) is 12.1 Å². The highest BCUT2D eigenvalue weighted by Gasteiger charge is 2.33. The molecule has 30 heavy (non-hydrogen) atoms. The van der Waals surface area contributed by atoms with Gasteiger partial charge in [-0.2, -0.15) is 5.10 Å². The lowest BCUT2D eigenvalue weighted by Gasteiger charge is -2.30. The zero-order valence-electron chi connectivity index (χ0n) is 17.9. The van der Waals surface area contributed by atoms with Gasteiger partial charge in [-0.1, -0.05) is 13.8 Å². The topological polar surface area (TPSA) is 76.2 Å². The molecular weight excluding hydrogens is 381 g/mol. The molecular formula is C23H32FN5O. The lowest BCUT2D eigenvalue weighted by molar-refractivity contribution is 0.167. The molecule has 7 heteroatoms. The van der Waals surface area contributed by atoms with Crippen molar-refractivity contribution in [3.8, 4) is 5.69 Å². The Bertz CT molecular complexity index is 891. The molecule has 0 saturated heterocycles. The highest BCUT2D eigenvalue weighted by atomic mass is 19.1. The minimum absolute atomic E-state index is 0.0206. The Balaban J connectivity index is 1.45. The van der Waals surface area contributed by atoms with Crippen LogP contribution in [0.15, 0.2) is 30.5 Å². The largest absolute Gasteiger partial charge is 0.338 e. The van der Waals surface area contributed by atoms with Crippen LogP contribution < -0.4 is 11.1 Å². The molecule has 2 unspecified atom stereocenters. The second-order valence-electron chi connectivity index (χ2n) is 9.66. The van der Waals surface area contributed by atoms with E-state index in [1.807, 2.05) is 15.8 Å². The maximum absolute atomic E-state index is 13.3. The number of benzene rings is 1. The number of hydrogen-bond donors (Lipinski definition) is 2. The van der Waals surface area contributed by atoms with Gasteiger partial charge in [0.2, 0.25) is 0 Å². The normalized spacial score (nSPS) is 23.1. The summed E-state index contributed by atoms with van der Waals surface area (Å²) < 4.78 is 15.2. The number of rotatable bonds is 4. The quantitative estimate of drug-likeness (QED) is 0.804. The highest BCUT2D eigenvalue weighted by Crippen LogP contribution is 2.32. The number of nitrogens with two attached hydrogens (primary N) is 1. The fourth-order valence-electron chi connectivity index (χ4n) is 4.83. The lowest BCUT2D eigenvalue weighted by Crippen LogP contribution is -2.44. The van der Waals surface area contributed by atoms with Gasteiger partial charge in [0, 0.05) is 30.4 Å². The molecule has 1 aromatic carbocycles. The van der Waals surface area contributed by atoms with Gasteiger partial charge in [0.05, 0.1) is 18.4 Å². The summed E-state index contributed by atoms with van der Waals surface area (Å²) in [5.74, 6) is 0.362. The summed E-state index contributed by atoms with van der Waals surface area (Å²) in [6, 6.07) is 6.67. The van der Waals surface area contributed by atoms with E-state index in [2.05, 4.69) is 24.3 Å². The van der Waals surface area contributed by atoms with Gasteiger partial charge in [-0.25, -0.2) is 13.9 Å². The molecule has 1 saturated carbocycles. The van der Waals surface area contributed by atoms with Crippen molar-refractivity contribution in [2.45, 2.75) is 58.5 Å².